The number of hydrogen-bond acceptors (Lipinski definition) is 3. The standard InChI is InChI=1S/C24H29NO2/c1-25-21-12-13-22(25)17-23(16-21)27-24(26)20(14-18-8-4-2-5-9-18)15-19-10-6-3-7-11-19/h2-11,20-23H,12-17H2,1H3. The molecule has 2 atom stereocenters. The van der Waals surface area contributed by atoms with E-state index in [0.29, 0.717) is 12.1 Å². The Balaban J connectivity index is 1.45. The van der Waals surface area contributed by atoms with Crippen molar-refractivity contribution in [2.45, 2.75) is 56.7 Å². The van der Waals surface area contributed by atoms with Gasteiger partial charge in [0.2, 0.25) is 0 Å². The number of ether oxygens (including phenoxy) is 1. The quantitative estimate of drug-likeness (QED) is 0.719. The van der Waals surface area contributed by atoms with Crippen molar-refractivity contribution < 1.29 is 9.53 Å². The lowest BCUT2D eigenvalue weighted by atomic mass is 9.92. The predicted molar refractivity (Wildman–Crippen MR) is 107 cm³/mol. The van der Waals surface area contributed by atoms with Gasteiger partial charge in [-0.3, -0.25) is 4.79 Å². The lowest BCUT2D eigenvalue weighted by Crippen LogP contribution is -2.44. The molecule has 2 heterocycles. The topological polar surface area (TPSA) is 29.5 Å². The summed E-state index contributed by atoms with van der Waals surface area (Å²) in [6.45, 7) is 0. The highest BCUT2D eigenvalue weighted by molar-refractivity contribution is 5.73. The molecule has 3 nitrogen and oxygen atoms in total. The minimum absolute atomic E-state index is 0.0309. The monoisotopic (exact) mass is 363 g/mol. The minimum atomic E-state index is -0.132. The number of rotatable bonds is 6. The SMILES string of the molecule is CN1C2CCC1CC(OC(=O)C(Cc1ccccc1)Cc1ccccc1)C2. The molecule has 0 N–H and O–H groups in total. The Morgan fingerprint density at radius 1 is 0.926 bits per heavy atom. The molecule has 4 rings (SSSR count). The number of fused-ring (bicyclic) bond motifs is 2. The maximum atomic E-state index is 13.1. The average molecular weight is 364 g/mol. The molecule has 2 aromatic carbocycles. The van der Waals surface area contributed by atoms with Crippen LogP contribution in [-0.4, -0.2) is 36.1 Å². The fraction of sp³-hybridized carbons (Fsp3) is 0.458. The Hall–Kier alpha value is -2.13. The molecule has 3 heteroatoms. The molecule has 2 aliphatic rings. The van der Waals surface area contributed by atoms with E-state index in [4.69, 9.17) is 4.74 Å². The predicted octanol–water partition coefficient (Wildman–Crippen LogP) is 4.26. The van der Waals surface area contributed by atoms with Gasteiger partial charge in [0.15, 0.2) is 0 Å². The summed E-state index contributed by atoms with van der Waals surface area (Å²) in [6.07, 6.45) is 6.01. The van der Waals surface area contributed by atoms with Gasteiger partial charge < -0.3 is 9.64 Å². The second kappa shape index (κ2) is 8.26. The van der Waals surface area contributed by atoms with Crippen LogP contribution in [0, 0.1) is 5.92 Å². The van der Waals surface area contributed by atoms with Gasteiger partial charge in [-0.25, -0.2) is 0 Å². The summed E-state index contributed by atoms with van der Waals surface area (Å²) in [5.41, 5.74) is 2.39. The summed E-state index contributed by atoms with van der Waals surface area (Å²) in [5, 5.41) is 0. The van der Waals surface area contributed by atoms with Crippen LogP contribution in [0.1, 0.15) is 36.8 Å². The number of hydrogen-bond donors (Lipinski definition) is 0. The van der Waals surface area contributed by atoms with E-state index in [2.05, 4.69) is 36.2 Å². The Bertz CT molecular complexity index is 690. The van der Waals surface area contributed by atoms with E-state index in [-0.39, 0.29) is 18.0 Å². The number of carbonyl (C=O) groups excluding carboxylic acids is 1. The highest BCUT2D eigenvalue weighted by Gasteiger charge is 2.40. The average Bonchev–Trinajstić information content (AvgIpc) is 2.90. The van der Waals surface area contributed by atoms with Gasteiger partial charge in [0.1, 0.15) is 6.10 Å². The van der Waals surface area contributed by atoms with Gasteiger partial charge in [-0.05, 0) is 56.7 Å². The summed E-state index contributed by atoms with van der Waals surface area (Å²) in [4.78, 5) is 15.6. The van der Waals surface area contributed by atoms with E-state index < -0.39 is 0 Å². The van der Waals surface area contributed by atoms with Crippen molar-refractivity contribution in [3.63, 3.8) is 0 Å². The molecule has 2 aromatic rings. The number of piperidine rings is 1. The third kappa shape index (κ3) is 4.41. The van der Waals surface area contributed by atoms with Crippen LogP contribution in [0.15, 0.2) is 60.7 Å². The van der Waals surface area contributed by atoms with E-state index in [1.54, 1.807) is 0 Å². The second-order valence-electron chi connectivity index (χ2n) is 8.16. The summed E-state index contributed by atoms with van der Waals surface area (Å²) >= 11 is 0. The zero-order chi connectivity index (χ0) is 18.6. The van der Waals surface area contributed by atoms with E-state index in [0.717, 1.165) is 25.7 Å². The molecular weight excluding hydrogens is 334 g/mol. The summed E-state index contributed by atoms with van der Waals surface area (Å²) in [7, 11) is 2.22. The minimum Gasteiger partial charge on any atom is -0.462 e. The molecule has 142 valence electrons. The Kier molecular flexibility index (Phi) is 5.58. The van der Waals surface area contributed by atoms with E-state index >= 15 is 0 Å². The van der Waals surface area contributed by atoms with Crippen molar-refractivity contribution in [2.75, 3.05) is 7.05 Å². The highest BCUT2D eigenvalue weighted by atomic mass is 16.5. The van der Waals surface area contributed by atoms with Gasteiger partial charge in [-0.15, -0.1) is 0 Å². The molecule has 2 bridgehead atoms. The van der Waals surface area contributed by atoms with Crippen molar-refractivity contribution in [3.05, 3.63) is 71.8 Å². The van der Waals surface area contributed by atoms with Crippen molar-refractivity contribution in [2.24, 2.45) is 5.92 Å². The Labute approximate surface area is 162 Å². The van der Waals surface area contributed by atoms with Crippen LogP contribution in [0.3, 0.4) is 0 Å². The van der Waals surface area contributed by atoms with Crippen LogP contribution >= 0.6 is 0 Å². The normalized spacial score (nSPS) is 24.9. The number of carbonyl (C=O) groups is 1. The van der Waals surface area contributed by atoms with E-state index in [9.17, 15) is 4.79 Å². The molecule has 0 aliphatic carbocycles. The highest BCUT2D eigenvalue weighted by Crippen LogP contribution is 2.36. The lowest BCUT2D eigenvalue weighted by molar-refractivity contribution is -0.157. The number of esters is 1. The van der Waals surface area contributed by atoms with Crippen molar-refractivity contribution >= 4 is 5.97 Å². The maximum Gasteiger partial charge on any atom is 0.309 e. The molecule has 2 saturated heterocycles. The van der Waals surface area contributed by atoms with Gasteiger partial charge >= 0.3 is 5.97 Å². The van der Waals surface area contributed by atoms with Crippen LogP contribution in [0.5, 0.6) is 0 Å². The third-order valence-electron chi connectivity index (χ3n) is 6.32. The molecule has 2 aliphatic heterocycles. The van der Waals surface area contributed by atoms with Gasteiger partial charge in [0, 0.05) is 12.1 Å². The first-order valence-electron chi connectivity index (χ1n) is 10.2. The van der Waals surface area contributed by atoms with E-state index in [1.165, 1.54) is 24.0 Å². The fourth-order valence-corrected chi connectivity index (χ4v) is 4.75. The summed E-state index contributed by atoms with van der Waals surface area (Å²) in [5.74, 6) is -0.163. The van der Waals surface area contributed by atoms with Gasteiger partial charge in [-0.1, -0.05) is 60.7 Å². The van der Waals surface area contributed by atoms with Gasteiger partial charge in [-0.2, -0.15) is 0 Å². The molecule has 27 heavy (non-hydrogen) atoms. The number of benzene rings is 2. The first kappa shape index (κ1) is 18.2. The third-order valence-corrected chi connectivity index (χ3v) is 6.32. The van der Waals surface area contributed by atoms with E-state index in [1.807, 2.05) is 36.4 Å². The van der Waals surface area contributed by atoms with Crippen LogP contribution in [0.4, 0.5) is 0 Å². The summed E-state index contributed by atoms with van der Waals surface area (Å²) in [6, 6.07) is 21.7. The first-order chi connectivity index (χ1) is 13.2. The molecule has 0 radical (unpaired) electrons. The van der Waals surface area contributed by atoms with Gasteiger partial charge in [0.25, 0.3) is 0 Å². The Morgan fingerprint density at radius 3 is 1.89 bits per heavy atom. The largest absolute Gasteiger partial charge is 0.462 e. The van der Waals surface area contributed by atoms with Crippen molar-refractivity contribution in [1.82, 2.24) is 4.90 Å². The fourth-order valence-electron chi connectivity index (χ4n) is 4.75. The molecule has 0 spiro atoms. The van der Waals surface area contributed by atoms with Crippen LogP contribution in [0.2, 0.25) is 0 Å². The van der Waals surface area contributed by atoms with Crippen molar-refractivity contribution in [1.29, 1.82) is 0 Å². The summed E-state index contributed by atoms with van der Waals surface area (Å²) < 4.78 is 6.06. The number of nitrogens with zero attached hydrogens (tertiary/aromatic N) is 1. The van der Waals surface area contributed by atoms with Gasteiger partial charge in [0.05, 0.1) is 5.92 Å². The smallest absolute Gasteiger partial charge is 0.309 e. The molecule has 0 saturated carbocycles. The Morgan fingerprint density at radius 2 is 1.41 bits per heavy atom. The second-order valence-corrected chi connectivity index (χ2v) is 8.16. The molecule has 2 unspecified atom stereocenters. The van der Waals surface area contributed by atoms with Crippen molar-refractivity contribution in [3.8, 4) is 0 Å². The zero-order valence-electron chi connectivity index (χ0n) is 16.1. The lowest BCUT2D eigenvalue weighted by Gasteiger charge is -2.36. The molecule has 0 aromatic heterocycles. The van der Waals surface area contributed by atoms with Crippen LogP contribution in [0.25, 0.3) is 0 Å². The van der Waals surface area contributed by atoms with Crippen LogP contribution in [-0.2, 0) is 22.4 Å². The molecule has 0 amide bonds. The zero-order valence-corrected chi connectivity index (χ0v) is 16.1. The van der Waals surface area contributed by atoms with Crippen LogP contribution < -0.4 is 0 Å². The molecular formula is C24H29NO2. The maximum absolute atomic E-state index is 13.1. The first-order valence-corrected chi connectivity index (χ1v) is 10.2. The molecule has 2 fully saturated rings.